The fourth-order valence-corrected chi connectivity index (χ4v) is 1.03. The molecule has 0 saturated carbocycles. The topological polar surface area (TPSA) is 23.8 Å². The number of hydrogen-bond donors (Lipinski definition) is 0. The van der Waals surface area contributed by atoms with E-state index in [0.717, 1.165) is 12.0 Å². The molecular weight excluding hydrogens is 134 g/mol. The lowest BCUT2D eigenvalue weighted by atomic mass is 10.1. The van der Waals surface area contributed by atoms with Crippen molar-refractivity contribution in [2.75, 3.05) is 0 Å². The molecule has 0 atom stereocenters. The van der Waals surface area contributed by atoms with Gasteiger partial charge in [-0.15, -0.1) is 0 Å². The summed E-state index contributed by atoms with van der Waals surface area (Å²) in [4.78, 5) is 0. The standard InChI is InChI=1S/C10H10N/c1-3-9-4-8(2)5-10(6-9)7-11/h4-6H,2-3H2,1H3. The van der Waals surface area contributed by atoms with Gasteiger partial charge < -0.3 is 0 Å². The average molecular weight is 144 g/mol. The second-order valence-electron chi connectivity index (χ2n) is 2.50. The number of nitriles is 1. The average Bonchev–Trinajstić information content (AvgIpc) is 2.03. The Morgan fingerprint density at radius 3 is 2.73 bits per heavy atom. The predicted molar refractivity (Wildman–Crippen MR) is 45.0 cm³/mol. The van der Waals surface area contributed by atoms with Crippen LogP contribution in [0.2, 0.25) is 0 Å². The maximum absolute atomic E-state index is 8.60. The lowest BCUT2D eigenvalue weighted by molar-refractivity contribution is 1.13. The van der Waals surface area contributed by atoms with Crippen LogP contribution in [0.1, 0.15) is 23.6 Å². The van der Waals surface area contributed by atoms with Gasteiger partial charge in [-0.25, -0.2) is 0 Å². The number of nitrogens with zero attached hydrogens (tertiary/aromatic N) is 1. The highest BCUT2D eigenvalue weighted by Crippen LogP contribution is 2.08. The largest absolute Gasteiger partial charge is 0.192 e. The lowest BCUT2D eigenvalue weighted by Crippen LogP contribution is -1.84. The Morgan fingerprint density at radius 1 is 1.45 bits per heavy atom. The van der Waals surface area contributed by atoms with Crippen molar-refractivity contribution < 1.29 is 0 Å². The number of rotatable bonds is 1. The maximum atomic E-state index is 8.60. The minimum absolute atomic E-state index is 0.703. The molecule has 1 aromatic rings. The molecule has 1 aromatic carbocycles. The van der Waals surface area contributed by atoms with Crippen LogP contribution < -0.4 is 0 Å². The Bertz CT molecular complexity index is 294. The Balaban J connectivity index is 3.15. The molecule has 1 heteroatoms. The van der Waals surface area contributed by atoms with Crippen LogP contribution in [0.25, 0.3) is 0 Å². The van der Waals surface area contributed by atoms with Crippen molar-refractivity contribution in [3.05, 3.63) is 41.8 Å². The molecule has 1 rings (SSSR count). The number of hydrogen-bond acceptors (Lipinski definition) is 1. The first-order valence-corrected chi connectivity index (χ1v) is 3.62. The molecule has 0 heterocycles. The summed E-state index contributed by atoms with van der Waals surface area (Å²) in [5, 5.41) is 8.60. The third-order valence-electron chi connectivity index (χ3n) is 1.59. The first kappa shape index (κ1) is 7.81. The summed E-state index contributed by atoms with van der Waals surface area (Å²) in [7, 11) is 0. The zero-order valence-corrected chi connectivity index (χ0v) is 6.59. The van der Waals surface area contributed by atoms with E-state index < -0.39 is 0 Å². The number of aryl methyl sites for hydroxylation is 1. The Kier molecular flexibility index (Phi) is 2.28. The van der Waals surface area contributed by atoms with Crippen LogP contribution in [0.3, 0.4) is 0 Å². The fourth-order valence-electron chi connectivity index (χ4n) is 1.03. The van der Waals surface area contributed by atoms with Gasteiger partial charge in [-0.05, 0) is 36.6 Å². The minimum Gasteiger partial charge on any atom is -0.192 e. The van der Waals surface area contributed by atoms with E-state index in [1.54, 1.807) is 6.07 Å². The summed E-state index contributed by atoms with van der Waals surface area (Å²) in [5.41, 5.74) is 2.80. The van der Waals surface area contributed by atoms with Crippen LogP contribution in [-0.2, 0) is 6.42 Å². The summed E-state index contributed by atoms with van der Waals surface area (Å²) in [6.07, 6.45) is 0.956. The molecule has 0 N–H and O–H groups in total. The van der Waals surface area contributed by atoms with Crippen LogP contribution in [0.15, 0.2) is 18.2 Å². The smallest absolute Gasteiger partial charge is 0.0991 e. The molecular formula is C10H10N. The van der Waals surface area contributed by atoms with Gasteiger partial charge in [0.25, 0.3) is 0 Å². The zero-order chi connectivity index (χ0) is 8.27. The first-order chi connectivity index (χ1) is 5.26. The Hall–Kier alpha value is -1.29. The first-order valence-electron chi connectivity index (χ1n) is 3.62. The molecule has 0 spiro atoms. The SMILES string of the molecule is [CH2]c1cc(C#N)cc(CC)c1. The highest BCUT2D eigenvalue weighted by atomic mass is 14.2. The van der Waals surface area contributed by atoms with Gasteiger partial charge in [0.1, 0.15) is 0 Å². The van der Waals surface area contributed by atoms with E-state index in [0.29, 0.717) is 5.56 Å². The molecule has 0 aliphatic rings. The van der Waals surface area contributed by atoms with Crippen LogP contribution >= 0.6 is 0 Å². The molecule has 0 bridgehead atoms. The van der Waals surface area contributed by atoms with Crippen molar-refractivity contribution in [1.29, 1.82) is 5.26 Å². The van der Waals surface area contributed by atoms with Crippen molar-refractivity contribution in [2.45, 2.75) is 13.3 Å². The molecule has 0 aromatic heterocycles. The van der Waals surface area contributed by atoms with E-state index in [1.807, 2.05) is 12.1 Å². The fraction of sp³-hybridized carbons (Fsp3) is 0.200. The van der Waals surface area contributed by atoms with Gasteiger partial charge in [-0.3, -0.25) is 0 Å². The van der Waals surface area contributed by atoms with Crippen molar-refractivity contribution >= 4 is 0 Å². The van der Waals surface area contributed by atoms with Crippen LogP contribution in [-0.4, -0.2) is 0 Å². The summed E-state index contributed by atoms with van der Waals surface area (Å²) < 4.78 is 0. The van der Waals surface area contributed by atoms with Crippen LogP contribution in [0.4, 0.5) is 0 Å². The van der Waals surface area contributed by atoms with Crippen molar-refractivity contribution in [3.63, 3.8) is 0 Å². The van der Waals surface area contributed by atoms with Crippen molar-refractivity contribution in [2.24, 2.45) is 0 Å². The second kappa shape index (κ2) is 3.21. The van der Waals surface area contributed by atoms with Gasteiger partial charge in [0.15, 0.2) is 0 Å². The summed E-state index contributed by atoms with van der Waals surface area (Å²) in [6.45, 7) is 5.85. The molecule has 0 fully saturated rings. The normalized spacial score (nSPS) is 9.18. The van der Waals surface area contributed by atoms with E-state index >= 15 is 0 Å². The van der Waals surface area contributed by atoms with Gasteiger partial charge in [0.2, 0.25) is 0 Å². The van der Waals surface area contributed by atoms with Crippen LogP contribution in [0.5, 0.6) is 0 Å². The summed E-state index contributed by atoms with van der Waals surface area (Å²) in [5.74, 6) is 0. The van der Waals surface area contributed by atoms with E-state index in [4.69, 9.17) is 5.26 Å². The maximum Gasteiger partial charge on any atom is 0.0991 e. The molecule has 0 aliphatic heterocycles. The Morgan fingerprint density at radius 2 is 2.18 bits per heavy atom. The molecule has 55 valence electrons. The molecule has 1 radical (unpaired) electrons. The molecule has 11 heavy (non-hydrogen) atoms. The van der Waals surface area contributed by atoms with Gasteiger partial charge >= 0.3 is 0 Å². The van der Waals surface area contributed by atoms with E-state index in [-0.39, 0.29) is 0 Å². The minimum atomic E-state index is 0.703. The van der Waals surface area contributed by atoms with Gasteiger partial charge in [0.05, 0.1) is 11.6 Å². The zero-order valence-electron chi connectivity index (χ0n) is 6.59. The van der Waals surface area contributed by atoms with Crippen molar-refractivity contribution in [1.82, 2.24) is 0 Å². The summed E-state index contributed by atoms with van der Waals surface area (Å²) in [6, 6.07) is 7.79. The van der Waals surface area contributed by atoms with E-state index in [2.05, 4.69) is 19.9 Å². The highest BCUT2D eigenvalue weighted by molar-refractivity contribution is 5.38. The highest BCUT2D eigenvalue weighted by Gasteiger charge is 1.94. The van der Waals surface area contributed by atoms with E-state index in [9.17, 15) is 0 Å². The lowest BCUT2D eigenvalue weighted by Gasteiger charge is -1.98. The molecule has 0 saturated heterocycles. The summed E-state index contributed by atoms with van der Waals surface area (Å²) >= 11 is 0. The monoisotopic (exact) mass is 144 g/mol. The quantitative estimate of drug-likeness (QED) is 0.593. The molecule has 0 amide bonds. The van der Waals surface area contributed by atoms with Gasteiger partial charge in [-0.1, -0.05) is 13.0 Å². The predicted octanol–water partition coefficient (Wildman–Crippen LogP) is 2.30. The Labute approximate surface area is 67.3 Å². The molecule has 1 nitrogen and oxygen atoms in total. The van der Waals surface area contributed by atoms with Gasteiger partial charge in [0, 0.05) is 0 Å². The van der Waals surface area contributed by atoms with Gasteiger partial charge in [-0.2, -0.15) is 5.26 Å². The van der Waals surface area contributed by atoms with Crippen molar-refractivity contribution in [3.8, 4) is 6.07 Å². The van der Waals surface area contributed by atoms with E-state index in [1.165, 1.54) is 5.56 Å². The van der Waals surface area contributed by atoms with Crippen LogP contribution in [0, 0.1) is 18.3 Å². The molecule has 0 aliphatic carbocycles. The second-order valence-corrected chi connectivity index (χ2v) is 2.50. The third-order valence-corrected chi connectivity index (χ3v) is 1.59. The third kappa shape index (κ3) is 1.81. The number of benzene rings is 1. The molecule has 0 unspecified atom stereocenters.